The summed E-state index contributed by atoms with van der Waals surface area (Å²) < 4.78 is 0. The van der Waals surface area contributed by atoms with Crippen molar-refractivity contribution in [2.75, 3.05) is 11.9 Å². The minimum absolute atomic E-state index is 0.0349. The summed E-state index contributed by atoms with van der Waals surface area (Å²) in [7, 11) is 0. The molecule has 0 bridgehead atoms. The molecule has 0 radical (unpaired) electrons. The highest BCUT2D eigenvalue weighted by Gasteiger charge is 2.39. The molecule has 4 nitrogen and oxygen atoms in total. The fourth-order valence-corrected chi connectivity index (χ4v) is 2.46. The molecule has 17 heavy (non-hydrogen) atoms. The van der Waals surface area contributed by atoms with Gasteiger partial charge in [-0.1, -0.05) is 24.4 Å². The van der Waals surface area contributed by atoms with Gasteiger partial charge in [0.25, 0.3) is 0 Å². The van der Waals surface area contributed by atoms with Crippen LogP contribution in [0.1, 0.15) is 25.7 Å². The van der Waals surface area contributed by atoms with Gasteiger partial charge in [0.15, 0.2) is 0 Å². The van der Waals surface area contributed by atoms with Gasteiger partial charge < -0.3 is 11.1 Å². The lowest BCUT2D eigenvalue weighted by atomic mass is 9.85. The standard InChI is InChI=1S/C12H16ClN3O/c13-9-3-6-15-10(7-9)16-11(17)12(8-14)4-1-2-5-12/h3,6-7H,1-2,4-5,8,14H2,(H,15,16,17). The number of carbonyl (C=O) groups is 1. The van der Waals surface area contributed by atoms with Crippen molar-refractivity contribution >= 4 is 23.3 Å². The third-order valence-corrected chi connectivity index (χ3v) is 3.63. The summed E-state index contributed by atoms with van der Waals surface area (Å²) in [6, 6.07) is 3.31. The molecule has 3 N–H and O–H groups in total. The van der Waals surface area contributed by atoms with Crippen molar-refractivity contribution in [3.8, 4) is 0 Å². The Hall–Kier alpha value is -1.13. The highest BCUT2D eigenvalue weighted by Crippen LogP contribution is 2.38. The van der Waals surface area contributed by atoms with E-state index in [2.05, 4.69) is 10.3 Å². The normalized spacial score (nSPS) is 18.0. The molecule has 0 aromatic carbocycles. The van der Waals surface area contributed by atoms with E-state index in [-0.39, 0.29) is 5.91 Å². The van der Waals surface area contributed by atoms with E-state index < -0.39 is 5.41 Å². The molecule has 0 aliphatic heterocycles. The second-order valence-corrected chi connectivity index (χ2v) is 4.94. The molecule has 5 heteroatoms. The van der Waals surface area contributed by atoms with Gasteiger partial charge in [0, 0.05) is 17.8 Å². The maximum Gasteiger partial charge on any atom is 0.233 e. The van der Waals surface area contributed by atoms with Crippen LogP contribution in [0.4, 0.5) is 5.82 Å². The van der Waals surface area contributed by atoms with Crippen LogP contribution in [-0.4, -0.2) is 17.4 Å². The summed E-state index contributed by atoms with van der Waals surface area (Å²) in [6.45, 7) is 0.388. The first-order valence-electron chi connectivity index (χ1n) is 5.79. The zero-order chi connectivity index (χ0) is 12.3. The number of hydrogen-bond donors (Lipinski definition) is 2. The summed E-state index contributed by atoms with van der Waals surface area (Å²) in [5.74, 6) is 0.453. The number of nitrogens with zero attached hydrogens (tertiary/aromatic N) is 1. The Balaban J connectivity index is 2.10. The Bertz CT molecular complexity index is 416. The van der Waals surface area contributed by atoms with Gasteiger partial charge in [-0.15, -0.1) is 0 Å². The highest BCUT2D eigenvalue weighted by atomic mass is 35.5. The molecule has 92 valence electrons. The number of halogens is 1. The molecule has 1 aromatic heterocycles. The van der Waals surface area contributed by atoms with Gasteiger partial charge in [0.2, 0.25) is 5.91 Å². The van der Waals surface area contributed by atoms with E-state index in [0.717, 1.165) is 25.7 Å². The van der Waals surface area contributed by atoms with Gasteiger partial charge in [-0.2, -0.15) is 0 Å². The van der Waals surface area contributed by atoms with Crippen LogP contribution >= 0.6 is 11.6 Å². The fraction of sp³-hybridized carbons (Fsp3) is 0.500. The second-order valence-electron chi connectivity index (χ2n) is 4.50. The van der Waals surface area contributed by atoms with E-state index in [1.807, 2.05) is 0 Å². The van der Waals surface area contributed by atoms with Crippen LogP contribution in [0.2, 0.25) is 5.02 Å². The lowest BCUT2D eigenvalue weighted by molar-refractivity contribution is -0.124. The fourth-order valence-electron chi connectivity index (χ4n) is 2.30. The number of aromatic nitrogens is 1. The Labute approximate surface area is 106 Å². The number of nitrogens with two attached hydrogens (primary N) is 1. The van der Waals surface area contributed by atoms with E-state index in [9.17, 15) is 4.79 Å². The highest BCUT2D eigenvalue weighted by molar-refractivity contribution is 6.30. The van der Waals surface area contributed by atoms with Gasteiger partial charge in [0.05, 0.1) is 5.41 Å². The van der Waals surface area contributed by atoms with Crippen molar-refractivity contribution in [3.05, 3.63) is 23.4 Å². The molecule has 0 saturated heterocycles. The second kappa shape index (κ2) is 5.02. The zero-order valence-corrected chi connectivity index (χ0v) is 10.3. The van der Waals surface area contributed by atoms with Crippen molar-refractivity contribution in [2.24, 2.45) is 11.1 Å². The maximum absolute atomic E-state index is 12.2. The molecule has 2 rings (SSSR count). The smallest absolute Gasteiger partial charge is 0.233 e. The van der Waals surface area contributed by atoms with Gasteiger partial charge in [-0.25, -0.2) is 4.98 Å². The SMILES string of the molecule is NCC1(C(=O)Nc2cc(Cl)ccn2)CCCC1. The largest absolute Gasteiger partial charge is 0.329 e. The van der Waals surface area contributed by atoms with Crippen molar-refractivity contribution in [2.45, 2.75) is 25.7 Å². The van der Waals surface area contributed by atoms with Crippen LogP contribution in [0.15, 0.2) is 18.3 Å². The first-order valence-corrected chi connectivity index (χ1v) is 6.17. The van der Waals surface area contributed by atoms with Crippen LogP contribution in [-0.2, 0) is 4.79 Å². The summed E-state index contributed by atoms with van der Waals surface area (Å²) in [4.78, 5) is 16.3. The van der Waals surface area contributed by atoms with Crippen LogP contribution in [0.3, 0.4) is 0 Å². The molecule has 0 unspecified atom stereocenters. The molecule has 0 spiro atoms. The summed E-state index contributed by atoms with van der Waals surface area (Å²) in [5, 5.41) is 3.36. The average Bonchev–Trinajstić information content (AvgIpc) is 2.78. The Morgan fingerprint density at radius 2 is 2.24 bits per heavy atom. The molecule has 0 atom stereocenters. The van der Waals surface area contributed by atoms with Gasteiger partial charge in [-0.3, -0.25) is 4.79 Å². The lowest BCUT2D eigenvalue weighted by Crippen LogP contribution is -2.40. The summed E-state index contributed by atoms with van der Waals surface area (Å²) in [5.41, 5.74) is 5.33. The van der Waals surface area contributed by atoms with Crippen molar-refractivity contribution < 1.29 is 4.79 Å². The van der Waals surface area contributed by atoms with Crippen LogP contribution in [0.25, 0.3) is 0 Å². The van der Waals surface area contributed by atoms with E-state index in [4.69, 9.17) is 17.3 Å². The van der Waals surface area contributed by atoms with E-state index in [1.54, 1.807) is 18.3 Å². The first-order chi connectivity index (χ1) is 8.16. The molecule has 1 heterocycles. The number of rotatable bonds is 3. The van der Waals surface area contributed by atoms with Crippen molar-refractivity contribution in [3.63, 3.8) is 0 Å². The molecule has 1 amide bonds. The number of carbonyl (C=O) groups excluding carboxylic acids is 1. The predicted molar refractivity (Wildman–Crippen MR) is 67.8 cm³/mol. The predicted octanol–water partition coefficient (Wildman–Crippen LogP) is 2.19. The summed E-state index contributed by atoms with van der Waals surface area (Å²) >= 11 is 5.84. The number of pyridine rings is 1. The van der Waals surface area contributed by atoms with Crippen LogP contribution < -0.4 is 11.1 Å². The first kappa shape index (κ1) is 12.3. The van der Waals surface area contributed by atoms with Gasteiger partial charge >= 0.3 is 0 Å². The van der Waals surface area contributed by atoms with Crippen molar-refractivity contribution in [1.82, 2.24) is 4.98 Å². The van der Waals surface area contributed by atoms with Crippen molar-refractivity contribution in [1.29, 1.82) is 0 Å². The minimum Gasteiger partial charge on any atom is -0.329 e. The molecule has 1 fully saturated rings. The number of hydrogen-bond acceptors (Lipinski definition) is 3. The topological polar surface area (TPSA) is 68.0 Å². The zero-order valence-electron chi connectivity index (χ0n) is 9.58. The third kappa shape index (κ3) is 2.58. The van der Waals surface area contributed by atoms with E-state index in [0.29, 0.717) is 17.4 Å². The van der Waals surface area contributed by atoms with Crippen LogP contribution in [0, 0.1) is 5.41 Å². The quantitative estimate of drug-likeness (QED) is 0.868. The molecule has 1 aliphatic rings. The molecule has 1 aliphatic carbocycles. The Morgan fingerprint density at radius 3 is 2.82 bits per heavy atom. The van der Waals surface area contributed by atoms with E-state index >= 15 is 0 Å². The molecule has 1 saturated carbocycles. The van der Waals surface area contributed by atoms with Gasteiger partial charge in [0.1, 0.15) is 5.82 Å². The number of nitrogens with one attached hydrogen (secondary N) is 1. The maximum atomic E-state index is 12.2. The van der Waals surface area contributed by atoms with Crippen LogP contribution in [0.5, 0.6) is 0 Å². The number of anilines is 1. The van der Waals surface area contributed by atoms with Gasteiger partial charge in [-0.05, 0) is 25.0 Å². The minimum atomic E-state index is -0.413. The molecular weight excluding hydrogens is 238 g/mol. The summed E-state index contributed by atoms with van der Waals surface area (Å²) in [6.07, 6.45) is 5.41. The molecule has 1 aromatic rings. The lowest BCUT2D eigenvalue weighted by Gasteiger charge is -2.25. The molecular formula is C12H16ClN3O. The Morgan fingerprint density at radius 1 is 1.53 bits per heavy atom. The average molecular weight is 254 g/mol. The number of amides is 1. The third-order valence-electron chi connectivity index (χ3n) is 3.40. The monoisotopic (exact) mass is 253 g/mol. The van der Waals surface area contributed by atoms with E-state index in [1.165, 1.54) is 0 Å². The Kier molecular flexibility index (Phi) is 3.64.